The molecule has 0 spiro atoms. The summed E-state index contributed by atoms with van der Waals surface area (Å²) in [5.41, 5.74) is 2.96. The second-order valence-electron chi connectivity index (χ2n) is 8.13. The van der Waals surface area contributed by atoms with Crippen LogP contribution in [0.15, 0.2) is 70.5 Å². The van der Waals surface area contributed by atoms with E-state index in [0.717, 1.165) is 11.3 Å². The van der Waals surface area contributed by atoms with E-state index in [2.05, 4.69) is 21.5 Å². The van der Waals surface area contributed by atoms with E-state index in [9.17, 15) is 14.4 Å². The van der Waals surface area contributed by atoms with Gasteiger partial charge in [0.2, 0.25) is 0 Å². The van der Waals surface area contributed by atoms with Gasteiger partial charge in [0.05, 0.1) is 17.4 Å². The summed E-state index contributed by atoms with van der Waals surface area (Å²) in [5.74, 6) is 0.104. The quantitative estimate of drug-likeness (QED) is 0.447. The Morgan fingerprint density at radius 2 is 1.67 bits per heavy atom. The lowest BCUT2D eigenvalue weighted by atomic mass is 10.0. The highest BCUT2D eigenvalue weighted by Gasteiger charge is 2.14. The van der Waals surface area contributed by atoms with Crippen molar-refractivity contribution in [3.8, 4) is 0 Å². The average molecular weight is 441 g/mol. The Bertz CT molecular complexity index is 1530. The highest BCUT2D eigenvalue weighted by atomic mass is 16.1. The Labute approximate surface area is 189 Å². The summed E-state index contributed by atoms with van der Waals surface area (Å²) in [6.45, 7) is 8.14. The van der Waals surface area contributed by atoms with Crippen LogP contribution < -0.4 is 21.8 Å². The largest absolute Gasteiger partial charge is 0.329 e. The molecule has 0 amide bonds. The van der Waals surface area contributed by atoms with E-state index in [1.54, 1.807) is 24.5 Å². The van der Waals surface area contributed by atoms with Gasteiger partial charge in [0.25, 0.3) is 11.1 Å². The number of nitrogens with zero attached hydrogens (tertiary/aromatic N) is 2. The predicted molar refractivity (Wildman–Crippen MR) is 128 cm³/mol. The summed E-state index contributed by atoms with van der Waals surface area (Å²) >= 11 is 0. The molecule has 0 aliphatic rings. The minimum atomic E-state index is -0.448. The molecule has 4 aromatic rings. The highest BCUT2D eigenvalue weighted by molar-refractivity contribution is 6.08. The number of carbonyl (C=O) groups excluding carboxylic acids is 1. The zero-order valence-electron chi connectivity index (χ0n) is 18.5. The lowest BCUT2D eigenvalue weighted by molar-refractivity contribution is 0.103. The number of H-pyrrole nitrogens is 2. The Morgan fingerprint density at radius 3 is 2.33 bits per heavy atom. The highest BCUT2D eigenvalue weighted by Crippen LogP contribution is 2.21. The fourth-order valence-electron chi connectivity index (χ4n) is 3.74. The van der Waals surface area contributed by atoms with Gasteiger partial charge in [-0.3, -0.25) is 14.4 Å². The maximum absolute atomic E-state index is 12.6. The van der Waals surface area contributed by atoms with Crippen LogP contribution in [0.3, 0.4) is 0 Å². The first-order valence-corrected chi connectivity index (χ1v) is 10.6. The normalized spacial score (nSPS) is 11.8. The molecule has 4 rings (SSSR count). The van der Waals surface area contributed by atoms with E-state index in [-0.39, 0.29) is 22.4 Å². The number of ketones is 1. The first-order valence-electron chi connectivity index (χ1n) is 10.6. The molecule has 0 radical (unpaired) electrons. The third-order valence-corrected chi connectivity index (χ3v) is 5.37. The van der Waals surface area contributed by atoms with Gasteiger partial charge in [0, 0.05) is 23.4 Å². The molecule has 2 aromatic heterocycles. The second-order valence-corrected chi connectivity index (χ2v) is 8.13. The zero-order chi connectivity index (χ0) is 23.5. The van der Waals surface area contributed by atoms with Crippen molar-refractivity contribution in [3.05, 3.63) is 120 Å². The third-order valence-electron chi connectivity index (χ3n) is 5.37. The topological polar surface area (TPSA) is 101 Å². The van der Waals surface area contributed by atoms with E-state index in [0.29, 0.717) is 23.4 Å². The molecule has 0 fully saturated rings. The Kier molecular flexibility index (Phi) is 6.04. The van der Waals surface area contributed by atoms with Gasteiger partial charge < -0.3 is 14.5 Å². The Hall–Kier alpha value is -4.26. The molecule has 0 unspecified atom stereocenters. The van der Waals surface area contributed by atoms with Crippen molar-refractivity contribution < 1.29 is 4.79 Å². The van der Waals surface area contributed by atoms with Crippen molar-refractivity contribution >= 4 is 18.4 Å². The maximum atomic E-state index is 12.6. The summed E-state index contributed by atoms with van der Waals surface area (Å²) in [5, 5.41) is 0.143. The van der Waals surface area contributed by atoms with Crippen LogP contribution in [-0.2, 0) is 6.54 Å². The Morgan fingerprint density at radius 1 is 1.00 bits per heavy atom. The average Bonchev–Trinajstić information content (AvgIpc) is 3.20. The molecule has 2 aromatic carbocycles. The number of rotatable bonds is 6. The molecule has 7 nitrogen and oxygen atoms in total. The molecule has 0 saturated heterocycles. The van der Waals surface area contributed by atoms with Gasteiger partial charge in [-0.1, -0.05) is 75.0 Å². The van der Waals surface area contributed by atoms with Crippen LogP contribution in [0.5, 0.6) is 0 Å². The van der Waals surface area contributed by atoms with Crippen LogP contribution >= 0.6 is 0 Å². The van der Waals surface area contributed by atoms with Crippen LogP contribution in [0.4, 0.5) is 0 Å². The number of hydrogen-bond donors (Lipinski definition) is 2. The van der Waals surface area contributed by atoms with Crippen molar-refractivity contribution in [1.82, 2.24) is 19.5 Å². The summed E-state index contributed by atoms with van der Waals surface area (Å²) in [6, 6.07) is 16.7. The molecule has 33 heavy (non-hydrogen) atoms. The number of imidazole rings is 1. The minimum Gasteiger partial charge on any atom is -0.329 e. The van der Waals surface area contributed by atoms with E-state index in [1.807, 2.05) is 60.9 Å². The predicted octanol–water partition coefficient (Wildman–Crippen LogP) is 1.90. The van der Waals surface area contributed by atoms with Crippen LogP contribution in [0, 0.1) is 0 Å². The first kappa shape index (κ1) is 22.0. The molecule has 2 heterocycles. The van der Waals surface area contributed by atoms with Gasteiger partial charge in [-0.2, -0.15) is 0 Å². The number of hydrogen-bond acceptors (Lipinski definition) is 4. The lowest BCUT2D eigenvalue weighted by Crippen LogP contribution is -2.46. The molecule has 0 aliphatic heterocycles. The van der Waals surface area contributed by atoms with E-state index in [4.69, 9.17) is 0 Å². The van der Waals surface area contributed by atoms with Gasteiger partial charge in [0.1, 0.15) is 5.35 Å². The smallest absolute Gasteiger partial charge is 0.272 e. The molecule has 7 heteroatoms. The first-order chi connectivity index (χ1) is 15.8. The van der Waals surface area contributed by atoms with E-state index < -0.39 is 11.1 Å². The fourth-order valence-corrected chi connectivity index (χ4v) is 3.74. The molecule has 0 atom stereocenters. The van der Waals surface area contributed by atoms with Crippen LogP contribution in [0.1, 0.15) is 52.6 Å². The molecule has 0 aliphatic carbocycles. The van der Waals surface area contributed by atoms with E-state index in [1.165, 1.54) is 0 Å². The van der Waals surface area contributed by atoms with Crippen molar-refractivity contribution in [2.45, 2.75) is 26.3 Å². The third kappa shape index (κ3) is 4.67. The molecule has 166 valence electrons. The lowest BCUT2D eigenvalue weighted by Gasteiger charge is -2.12. The number of aromatic nitrogens is 4. The van der Waals surface area contributed by atoms with Crippen LogP contribution in [0.25, 0.3) is 12.7 Å². The minimum absolute atomic E-state index is 0.0148. The second kappa shape index (κ2) is 9.08. The van der Waals surface area contributed by atoms with Crippen molar-refractivity contribution in [1.29, 1.82) is 0 Å². The number of benzene rings is 2. The van der Waals surface area contributed by atoms with Crippen LogP contribution in [0.2, 0.25) is 0 Å². The van der Waals surface area contributed by atoms with Gasteiger partial charge in [-0.05, 0) is 17.6 Å². The summed E-state index contributed by atoms with van der Waals surface area (Å²) in [4.78, 5) is 46.2. The fraction of sp³-hybridized carbons (Fsp3) is 0.154. The van der Waals surface area contributed by atoms with Gasteiger partial charge in [-0.15, -0.1) is 0 Å². The summed E-state index contributed by atoms with van der Waals surface area (Å²) in [6.07, 6.45) is 3.29. The van der Waals surface area contributed by atoms with Crippen molar-refractivity contribution in [2.75, 3.05) is 0 Å². The number of carbonyl (C=O) groups is 1. The standard InChI is InChI=1S/C26H24N4O3/c1-16(2)23-21(13-22-26(33)28-17(3)25(32)29-22)27-15-30(23)14-18-9-11-20(12-10-18)24(31)19-7-5-4-6-8-19/h4-13,15-16H,3,14H2,1-2H3,(H,28,33)(H,29,32). The van der Waals surface area contributed by atoms with Gasteiger partial charge in [-0.25, -0.2) is 4.98 Å². The zero-order valence-corrected chi connectivity index (χ0v) is 18.5. The van der Waals surface area contributed by atoms with Crippen molar-refractivity contribution in [2.24, 2.45) is 0 Å². The molecule has 2 N–H and O–H groups in total. The molecule has 0 bridgehead atoms. The van der Waals surface area contributed by atoms with Gasteiger partial charge in [0.15, 0.2) is 5.78 Å². The number of aromatic amines is 2. The maximum Gasteiger partial charge on any atom is 0.272 e. The van der Waals surface area contributed by atoms with Gasteiger partial charge >= 0.3 is 0 Å². The summed E-state index contributed by atoms with van der Waals surface area (Å²) < 4.78 is 2.01. The van der Waals surface area contributed by atoms with Crippen molar-refractivity contribution in [3.63, 3.8) is 0 Å². The van der Waals surface area contributed by atoms with E-state index >= 15 is 0 Å². The number of nitrogens with one attached hydrogen (secondary N) is 2. The monoisotopic (exact) mass is 440 g/mol. The SMILES string of the molecule is C=c1[nH]c(=O)c(=Cc2ncn(Cc3ccc(C(=O)c4ccccc4)cc3)c2C(C)C)[nH]c1=O. The molecule has 0 saturated carbocycles. The molecular formula is C26H24N4O3. The summed E-state index contributed by atoms with van der Waals surface area (Å²) in [7, 11) is 0. The molecular weight excluding hydrogens is 416 g/mol. The Balaban J connectivity index is 1.64. The van der Waals surface area contributed by atoms with Crippen LogP contribution in [-0.4, -0.2) is 25.3 Å².